The number of fused-ring (bicyclic) bond motifs is 1. The zero-order valence-electron chi connectivity index (χ0n) is 15.9. The van der Waals surface area contributed by atoms with E-state index in [2.05, 4.69) is 38.2 Å². The van der Waals surface area contributed by atoms with Gasteiger partial charge in [-0.2, -0.15) is 10.2 Å². The first-order chi connectivity index (χ1) is 13.6. The molecule has 4 rings (SSSR count). The molecule has 1 aliphatic rings. The normalized spacial score (nSPS) is 17.5. The minimum atomic E-state index is -0.00564. The fourth-order valence-electron chi connectivity index (χ4n) is 3.67. The van der Waals surface area contributed by atoms with Crippen molar-refractivity contribution in [2.24, 2.45) is 0 Å². The van der Waals surface area contributed by atoms with E-state index in [1.165, 1.54) is 6.20 Å². The van der Waals surface area contributed by atoms with Crippen LogP contribution in [0.15, 0.2) is 22.7 Å². The van der Waals surface area contributed by atoms with Gasteiger partial charge >= 0.3 is 0 Å². The summed E-state index contributed by atoms with van der Waals surface area (Å²) in [7, 11) is 0. The van der Waals surface area contributed by atoms with Crippen LogP contribution in [0.5, 0.6) is 5.75 Å². The van der Waals surface area contributed by atoms with Crippen LogP contribution in [-0.2, 0) is 0 Å². The van der Waals surface area contributed by atoms with Crippen LogP contribution in [0.1, 0.15) is 30.9 Å². The number of nitrogens with one attached hydrogen (secondary N) is 1. The van der Waals surface area contributed by atoms with E-state index in [-0.39, 0.29) is 11.8 Å². The first-order valence-corrected chi connectivity index (χ1v) is 9.44. The Labute approximate surface area is 162 Å². The summed E-state index contributed by atoms with van der Waals surface area (Å²) in [6, 6.07) is 6.07. The SMILES string of the molecule is CCN1CCC[C@@H](Nc2nc3nc(-c4c(O)cc(C)cc4C#N)cnc3o2)C1. The molecular weight excluding hydrogens is 356 g/mol. The lowest BCUT2D eigenvalue weighted by molar-refractivity contribution is 0.225. The van der Waals surface area contributed by atoms with E-state index >= 15 is 0 Å². The number of piperidine rings is 1. The molecule has 3 heterocycles. The molecule has 1 saturated heterocycles. The van der Waals surface area contributed by atoms with Crippen LogP contribution in [0.3, 0.4) is 0 Å². The van der Waals surface area contributed by atoms with Crippen molar-refractivity contribution in [3.63, 3.8) is 0 Å². The monoisotopic (exact) mass is 378 g/mol. The van der Waals surface area contributed by atoms with E-state index in [0.717, 1.165) is 38.0 Å². The summed E-state index contributed by atoms with van der Waals surface area (Å²) in [6.45, 7) is 7.08. The van der Waals surface area contributed by atoms with Gasteiger partial charge < -0.3 is 19.7 Å². The van der Waals surface area contributed by atoms with Gasteiger partial charge in [-0.3, -0.25) is 0 Å². The molecule has 1 aliphatic heterocycles. The first-order valence-electron chi connectivity index (χ1n) is 9.44. The molecule has 1 aromatic carbocycles. The fraction of sp³-hybridized carbons (Fsp3) is 0.400. The molecule has 0 spiro atoms. The molecule has 0 aliphatic carbocycles. The van der Waals surface area contributed by atoms with E-state index in [9.17, 15) is 10.4 Å². The molecule has 8 heteroatoms. The van der Waals surface area contributed by atoms with E-state index in [4.69, 9.17) is 4.42 Å². The minimum absolute atomic E-state index is 0.00564. The molecule has 0 amide bonds. The maximum absolute atomic E-state index is 10.3. The summed E-state index contributed by atoms with van der Waals surface area (Å²) in [5, 5.41) is 23.1. The predicted octanol–water partition coefficient (Wildman–Crippen LogP) is 3.07. The van der Waals surface area contributed by atoms with Crippen LogP contribution in [0.2, 0.25) is 0 Å². The van der Waals surface area contributed by atoms with Crippen LogP contribution in [0, 0.1) is 18.3 Å². The van der Waals surface area contributed by atoms with Crippen LogP contribution in [0.25, 0.3) is 22.6 Å². The van der Waals surface area contributed by atoms with Crippen LogP contribution in [0.4, 0.5) is 6.01 Å². The smallest absolute Gasteiger partial charge is 0.298 e. The fourth-order valence-corrected chi connectivity index (χ4v) is 3.67. The van der Waals surface area contributed by atoms with Gasteiger partial charge in [-0.15, -0.1) is 0 Å². The first kappa shape index (κ1) is 18.2. The lowest BCUT2D eigenvalue weighted by Crippen LogP contribution is -2.41. The molecule has 2 N–H and O–H groups in total. The Kier molecular flexibility index (Phi) is 4.84. The Hall–Kier alpha value is -3.18. The molecule has 0 radical (unpaired) electrons. The molecule has 144 valence electrons. The van der Waals surface area contributed by atoms with Crippen molar-refractivity contribution >= 4 is 17.4 Å². The van der Waals surface area contributed by atoms with E-state index < -0.39 is 0 Å². The van der Waals surface area contributed by atoms with Crippen molar-refractivity contribution in [2.75, 3.05) is 25.0 Å². The highest BCUT2D eigenvalue weighted by Crippen LogP contribution is 2.33. The highest BCUT2D eigenvalue weighted by Gasteiger charge is 2.21. The number of likely N-dealkylation sites (tertiary alicyclic amines) is 1. The van der Waals surface area contributed by atoms with Crippen molar-refractivity contribution in [3.8, 4) is 23.1 Å². The van der Waals surface area contributed by atoms with E-state index in [1.54, 1.807) is 12.1 Å². The summed E-state index contributed by atoms with van der Waals surface area (Å²) < 4.78 is 5.69. The highest BCUT2D eigenvalue weighted by atomic mass is 16.4. The Morgan fingerprint density at radius 3 is 3.04 bits per heavy atom. The van der Waals surface area contributed by atoms with Gasteiger partial charge in [-0.25, -0.2) is 9.97 Å². The van der Waals surface area contributed by atoms with Gasteiger partial charge in [0.1, 0.15) is 5.75 Å². The Morgan fingerprint density at radius 2 is 2.25 bits per heavy atom. The summed E-state index contributed by atoms with van der Waals surface area (Å²) in [4.78, 5) is 15.5. The van der Waals surface area contributed by atoms with Crippen molar-refractivity contribution in [1.82, 2.24) is 19.9 Å². The number of hydrogen-bond donors (Lipinski definition) is 2. The number of phenolic OH excluding ortho intramolecular Hbond substituents is 1. The number of aryl methyl sites for hydroxylation is 1. The third-order valence-corrected chi connectivity index (χ3v) is 5.04. The van der Waals surface area contributed by atoms with Crippen LogP contribution in [-0.4, -0.2) is 50.6 Å². The van der Waals surface area contributed by atoms with Crippen LogP contribution >= 0.6 is 0 Å². The molecule has 28 heavy (non-hydrogen) atoms. The van der Waals surface area contributed by atoms with Crippen LogP contribution < -0.4 is 5.32 Å². The van der Waals surface area contributed by atoms with Gasteiger partial charge in [-0.1, -0.05) is 6.92 Å². The third-order valence-electron chi connectivity index (χ3n) is 5.04. The summed E-state index contributed by atoms with van der Waals surface area (Å²) in [6.07, 6.45) is 3.68. The number of rotatable bonds is 4. The largest absolute Gasteiger partial charge is 0.507 e. The van der Waals surface area contributed by atoms with Gasteiger partial charge in [-0.05, 0) is 50.6 Å². The number of phenols is 1. The average Bonchev–Trinajstić information content (AvgIpc) is 3.08. The Balaban J connectivity index is 1.64. The molecule has 1 atom stereocenters. The van der Waals surface area contributed by atoms with Gasteiger partial charge in [0, 0.05) is 12.6 Å². The zero-order chi connectivity index (χ0) is 19.7. The van der Waals surface area contributed by atoms with E-state index in [0.29, 0.717) is 34.2 Å². The Bertz CT molecular complexity index is 1050. The topological polar surface area (TPSA) is 111 Å². The van der Waals surface area contributed by atoms with E-state index in [1.807, 2.05) is 6.92 Å². The second-order valence-electron chi connectivity index (χ2n) is 7.10. The number of nitrogens with zero attached hydrogens (tertiary/aromatic N) is 5. The standard InChI is InChI=1S/C20H22N6O2/c1-3-26-6-4-5-14(11-26)23-20-25-18-19(28-20)22-10-15(24-18)17-13(9-21)7-12(2)8-16(17)27/h7-8,10,14,27H,3-6,11H2,1-2H3,(H,23,24,25)/t14-/m1/s1. The number of benzene rings is 1. The molecule has 3 aromatic rings. The number of anilines is 1. The molecule has 1 fully saturated rings. The molecule has 0 saturated carbocycles. The van der Waals surface area contributed by atoms with Crippen molar-refractivity contribution in [2.45, 2.75) is 32.7 Å². The third kappa shape index (κ3) is 3.49. The number of nitriles is 1. The van der Waals surface area contributed by atoms with Crippen molar-refractivity contribution < 1.29 is 9.52 Å². The highest BCUT2D eigenvalue weighted by molar-refractivity contribution is 5.77. The van der Waals surface area contributed by atoms with Gasteiger partial charge in [0.2, 0.25) is 5.65 Å². The number of hydrogen-bond acceptors (Lipinski definition) is 8. The maximum Gasteiger partial charge on any atom is 0.298 e. The van der Waals surface area contributed by atoms with Gasteiger partial charge in [0.05, 0.1) is 29.1 Å². The molecular formula is C20H22N6O2. The zero-order valence-corrected chi connectivity index (χ0v) is 15.9. The lowest BCUT2D eigenvalue weighted by atomic mass is 10.0. The van der Waals surface area contributed by atoms with Gasteiger partial charge in [0.25, 0.3) is 11.7 Å². The summed E-state index contributed by atoms with van der Waals surface area (Å²) >= 11 is 0. The van der Waals surface area contributed by atoms with Crippen molar-refractivity contribution in [3.05, 3.63) is 29.5 Å². The number of aromatic hydroxyl groups is 1. The van der Waals surface area contributed by atoms with Crippen molar-refractivity contribution in [1.29, 1.82) is 5.26 Å². The average molecular weight is 378 g/mol. The maximum atomic E-state index is 10.3. The second-order valence-corrected chi connectivity index (χ2v) is 7.10. The molecule has 0 unspecified atom stereocenters. The second kappa shape index (κ2) is 7.44. The lowest BCUT2D eigenvalue weighted by Gasteiger charge is -2.31. The minimum Gasteiger partial charge on any atom is -0.507 e. The quantitative estimate of drug-likeness (QED) is 0.712. The molecule has 8 nitrogen and oxygen atoms in total. The molecule has 0 bridgehead atoms. The summed E-state index contributed by atoms with van der Waals surface area (Å²) in [5.74, 6) is -0.00564. The van der Waals surface area contributed by atoms with Gasteiger partial charge in [0.15, 0.2) is 0 Å². The predicted molar refractivity (Wildman–Crippen MR) is 105 cm³/mol. The number of likely N-dealkylation sites (N-methyl/N-ethyl adjacent to an activating group) is 1. The Morgan fingerprint density at radius 1 is 1.39 bits per heavy atom. The number of aromatic nitrogens is 3. The number of oxazole rings is 1. The molecule has 2 aromatic heterocycles. The summed E-state index contributed by atoms with van der Waals surface area (Å²) in [5.41, 5.74) is 2.54.